The highest BCUT2D eigenvalue weighted by Gasteiger charge is 2.21. The number of rotatable bonds is 7. The Morgan fingerprint density at radius 3 is 2.26 bits per heavy atom. The monoisotopic (exact) mass is 517 g/mol. The molecule has 0 radical (unpaired) electrons. The number of nitrogens with zero attached hydrogens (tertiary/aromatic N) is 2. The van der Waals surface area contributed by atoms with Crippen LogP contribution in [-0.2, 0) is 6.54 Å². The Labute approximate surface area is 225 Å². The van der Waals surface area contributed by atoms with Gasteiger partial charge in [0.05, 0.1) is 17.9 Å². The number of hydrogen-bond acceptors (Lipinski definition) is 4. The molecule has 0 bridgehead atoms. The maximum Gasteiger partial charge on any atom is 0.258 e. The van der Waals surface area contributed by atoms with Crippen LogP contribution in [0.5, 0.6) is 5.75 Å². The third-order valence-electron chi connectivity index (χ3n) is 6.17. The van der Waals surface area contributed by atoms with Crippen molar-refractivity contribution in [1.82, 2.24) is 4.98 Å². The molecule has 4 aromatic carbocycles. The number of carbonyl (C=O) groups is 2. The first kappa shape index (κ1) is 25.4. The van der Waals surface area contributed by atoms with Crippen LogP contribution in [-0.4, -0.2) is 21.9 Å². The summed E-state index contributed by atoms with van der Waals surface area (Å²) in [5.74, 6) is -1.49. The van der Waals surface area contributed by atoms with E-state index in [2.05, 4.69) is 10.3 Å². The third kappa shape index (κ3) is 5.83. The van der Waals surface area contributed by atoms with Gasteiger partial charge < -0.3 is 15.3 Å². The lowest BCUT2D eigenvalue weighted by Crippen LogP contribution is -2.30. The molecule has 0 fully saturated rings. The number of anilines is 2. The lowest BCUT2D eigenvalue weighted by atomic mass is 10.0. The fourth-order valence-corrected chi connectivity index (χ4v) is 4.21. The van der Waals surface area contributed by atoms with Crippen molar-refractivity contribution >= 4 is 23.2 Å². The smallest absolute Gasteiger partial charge is 0.258 e. The predicted molar refractivity (Wildman–Crippen MR) is 149 cm³/mol. The van der Waals surface area contributed by atoms with E-state index in [9.17, 15) is 19.1 Å². The Morgan fingerprint density at radius 1 is 0.821 bits per heavy atom. The summed E-state index contributed by atoms with van der Waals surface area (Å²) in [6.45, 7) is 0.245. The largest absolute Gasteiger partial charge is 0.506 e. The van der Waals surface area contributed by atoms with Gasteiger partial charge >= 0.3 is 0 Å². The van der Waals surface area contributed by atoms with Crippen LogP contribution in [0.1, 0.15) is 26.3 Å². The number of phenolic OH excluding ortho intramolecular Hbond substituents is 1. The van der Waals surface area contributed by atoms with Crippen molar-refractivity contribution in [2.45, 2.75) is 6.54 Å². The Kier molecular flexibility index (Phi) is 7.41. The minimum atomic E-state index is -0.428. The zero-order chi connectivity index (χ0) is 27.2. The Balaban J connectivity index is 1.40. The molecule has 1 aromatic heterocycles. The van der Waals surface area contributed by atoms with Crippen molar-refractivity contribution in [2.24, 2.45) is 0 Å². The van der Waals surface area contributed by atoms with E-state index in [0.717, 1.165) is 5.56 Å². The summed E-state index contributed by atoms with van der Waals surface area (Å²) in [6, 6.07) is 31.9. The van der Waals surface area contributed by atoms with Crippen LogP contribution < -0.4 is 10.2 Å². The van der Waals surface area contributed by atoms with Crippen LogP contribution in [0.25, 0.3) is 11.3 Å². The molecule has 2 N–H and O–H groups in total. The van der Waals surface area contributed by atoms with Gasteiger partial charge in [-0.3, -0.25) is 14.6 Å². The number of phenols is 1. The zero-order valence-corrected chi connectivity index (χ0v) is 20.8. The molecule has 0 saturated carbocycles. The molecule has 192 valence electrons. The number of nitrogens with one attached hydrogen (secondary N) is 1. The first-order valence-corrected chi connectivity index (χ1v) is 12.3. The fraction of sp³-hybridized carbons (Fsp3) is 0.0312. The summed E-state index contributed by atoms with van der Waals surface area (Å²) in [5, 5.41) is 13.5. The molecule has 0 unspecified atom stereocenters. The molecule has 5 aromatic rings. The van der Waals surface area contributed by atoms with Crippen LogP contribution in [0.2, 0.25) is 0 Å². The second-order valence-corrected chi connectivity index (χ2v) is 8.80. The lowest BCUT2D eigenvalue weighted by molar-refractivity contribution is 0.0983. The Bertz CT molecular complexity index is 1610. The van der Waals surface area contributed by atoms with E-state index in [1.807, 2.05) is 48.5 Å². The quantitative estimate of drug-likeness (QED) is 0.236. The number of aromatic nitrogens is 1. The summed E-state index contributed by atoms with van der Waals surface area (Å²) < 4.78 is 13.6. The first-order chi connectivity index (χ1) is 19.0. The highest BCUT2D eigenvalue weighted by Crippen LogP contribution is 2.29. The molecule has 0 aliphatic heterocycles. The number of halogens is 1. The number of pyridine rings is 1. The Morgan fingerprint density at radius 2 is 1.54 bits per heavy atom. The fourth-order valence-electron chi connectivity index (χ4n) is 4.21. The molecule has 0 saturated heterocycles. The van der Waals surface area contributed by atoms with Crippen molar-refractivity contribution in [2.75, 3.05) is 10.2 Å². The van der Waals surface area contributed by atoms with Crippen LogP contribution in [0.3, 0.4) is 0 Å². The minimum absolute atomic E-state index is 0.156. The van der Waals surface area contributed by atoms with Crippen molar-refractivity contribution in [3.05, 3.63) is 144 Å². The topological polar surface area (TPSA) is 82.5 Å². The molecule has 0 atom stereocenters. The van der Waals surface area contributed by atoms with Crippen molar-refractivity contribution in [1.29, 1.82) is 0 Å². The van der Waals surface area contributed by atoms with Crippen molar-refractivity contribution < 1.29 is 19.1 Å². The van der Waals surface area contributed by atoms with Gasteiger partial charge in [-0.25, -0.2) is 4.39 Å². The van der Waals surface area contributed by atoms with Crippen LogP contribution in [0, 0.1) is 5.82 Å². The molecule has 1 heterocycles. The van der Waals surface area contributed by atoms with E-state index < -0.39 is 11.7 Å². The van der Waals surface area contributed by atoms with Crippen LogP contribution in [0.4, 0.5) is 15.8 Å². The highest BCUT2D eigenvalue weighted by atomic mass is 19.1. The Hall–Kier alpha value is -5.30. The van der Waals surface area contributed by atoms with E-state index >= 15 is 0 Å². The standard InChI is InChI=1S/C32H24FN3O3/c33-24-14-16-25(17-15-24)36(21-22-8-2-1-3-9-22)32(39)23-13-18-29(30(37)20-23)35-31(38)27-11-5-4-10-26(27)28-12-6-7-19-34-28/h1-20,37H,21H2,(H,35,38). The SMILES string of the molecule is O=C(Nc1ccc(C(=O)N(Cc2ccccc2)c2ccc(F)cc2)cc1O)c1ccccc1-c1ccccn1. The average Bonchev–Trinajstić information content (AvgIpc) is 2.98. The van der Waals surface area contributed by atoms with E-state index in [-0.39, 0.29) is 29.5 Å². The maximum absolute atomic E-state index is 13.6. The number of hydrogen-bond donors (Lipinski definition) is 2. The van der Waals surface area contributed by atoms with Gasteiger partial charge in [0, 0.05) is 28.6 Å². The van der Waals surface area contributed by atoms with E-state index in [0.29, 0.717) is 22.5 Å². The molecule has 39 heavy (non-hydrogen) atoms. The highest BCUT2D eigenvalue weighted by molar-refractivity contribution is 6.10. The van der Waals surface area contributed by atoms with Crippen LogP contribution >= 0.6 is 0 Å². The third-order valence-corrected chi connectivity index (χ3v) is 6.17. The molecule has 0 aliphatic carbocycles. The van der Waals surface area contributed by atoms with Gasteiger partial charge in [0.1, 0.15) is 11.6 Å². The van der Waals surface area contributed by atoms with Gasteiger partial charge in [0.2, 0.25) is 0 Å². The molecule has 7 heteroatoms. The van der Waals surface area contributed by atoms with Gasteiger partial charge in [-0.15, -0.1) is 0 Å². The minimum Gasteiger partial charge on any atom is -0.506 e. The van der Waals surface area contributed by atoms with E-state index in [4.69, 9.17) is 0 Å². The van der Waals surface area contributed by atoms with Crippen LogP contribution in [0.15, 0.2) is 121 Å². The van der Waals surface area contributed by atoms with Gasteiger partial charge in [0.25, 0.3) is 11.8 Å². The zero-order valence-electron chi connectivity index (χ0n) is 20.8. The normalized spacial score (nSPS) is 10.6. The summed E-state index contributed by atoms with van der Waals surface area (Å²) in [5.41, 5.74) is 3.44. The number of amides is 2. The number of aromatic hydroxyl groups is 1. The summed E-state index contributed by atoms with van der Waals surface area (Å²) in [6.07, 6.45) is 1.65. The number of benzene rings is 4. The molecule has 6 nitrogen and oxygen atoms in total. The maximum atomic E-state index is 13.6. The second-order valence-electron chi connectivity index (χ2n) is 8.80. The molecule has 0 spiro atoms. The first-order valence-electron chi connectivity index (χ1n) is 12.3. The number of carbonyl (C=O) groups excluding carboxylic acids is 2. The second kappa shape index (κ2) is 11.4. The molecule has 2 amide bonds. The van der Waals surface area contributed by atoms with Crippen molar-refractivity contribution in [3.63, 3.8) is 0 Å². The van der Waals surface area contributed by atoms with E-state index in [1.54, 1.807) is 30.5 Å². The summed E-state index contributed by atoms with van der Waals surface area (Å²) >= 11 is 0. The predicted octanol–water partition coefficient (Wildman–Crippen LogP) is 6.69. The van der Waals surface area contributed by atoms with Gasteiger partial charge in [-0.2, -0.15) is 0 Å². The molecule has 5 rings (SSSR count). The summed E-state index contributed by atoms with van der Waals surface area (Å²) in [7, 11) is 0. The summed E-state index contributed by atoms with van der Waals surface area (Å²) in [4.78, 5) is 32.6. The van der Waals surface area contributed by atoms with E-state index in [1.165, 1.54) is 47.4 Å². The van der Waals surface area contributed by atoms with Gasteiger partial charge in [-0.1, -0.05) is 54.6 Å². The average molecular weight is 518 g/mol. The molecular formula is C32H24FN3O3. The van der Waals surface area contributed by atoms with Crippen molar-refractivity contribution in [3.8, 4) is 17.0 Å². The lowest BCUT2D eigenvalue weighted by Gasteiger charge is -2.23. The van der Waals surface area contributed by atoms with Gasteiger partial charge in [0.15, 0.2) is 0 Å². The van der Waals surface area contributed by atoms with Gasteiger partial charge in [-0.05, 0) is 66.2 Å². The molecular weight excluding hydrogens is 493 g/mol. The molecule has 0 aliphatic rings.